The standard InChI is InChI=1S/C15H15F2N3O/c1-2-8-18-14-10(5-4-9-19-14)15(21)20-12-7-3-6-11(16)13(12)17/h3-7,9H,2,8H2,1H3,(H,18,19)(H,20,21). The van der Waals surface area contributed by atoms with E-state index in [0.717, 1.165) is 12.5 Å². The van der Waals surface area contributed by atoms with Crippen LogP contribution in [-0.4, -0.2) is 17.4 Å². The van der Waals surface area contributed by atoms with E-state index in [1.165, 1.54) is 12.1 Å². The molecular weight excluding hydrogens is 276 g/mol. The molecule has 1 aromatic carbocycles. The van der Waals surface area contributed by atoms with Crippen molar-refractivity contribution in [1.29, 1.82) is 0 Å². The third kappa shape index (κ3) is 3.53. The van der Waals surface area contributed by atoms with Gasteiger partial charge in [-0.05, 0) is 30.7 Å². The summed E-state index contributed by atoms with van der Waals surface area (Å²) < 4.78 is 26.7. The predicted octanol–water partition coefficient (Wildman–Crippen LogP) is 3.43. The third-order valence-corrected chi connectivity index (χ3v) is 2.79. The fraction of sp³-hybridized carbons (Fsp3) is 0.200. The van der Waals surface area contributed by atoms with Crippen LogP contribution in [0.4, 0.5) is 20.3 Å². The Balaban J connectivity index is 2.22. The molecule has 21 heavy (non-hydrogen) atoms. The van der Waals surface area contributed by atoms with Crippen molar-refractivity contribution in [3.05, 3.63) is 53.7 Å². The topological polar surface area (TPSA) is 54.0 Å². The number of hydrogen-bond acceptors (Lipinski definition) is 3. The van der Waals surface area contributed by atoms with Crippen LogP contribution in [0.1, 0.15) is 23.7 Å². The highest BCUT2D eigenvalue weighted by atomic mass is 19.2. The van der Waals surface area contributed by atoms with Crippen LogP contribution in [0.3, 0.4) is 0 Å². The molecule has 0 aliphatic carbocycles. The minimum absolute atomic E-state index is 0.203. The quantitative estimate of drug-likeness (QED) is 0.887. The SMILES string of the molecule is CCCNc1ncccc1C(=O)Nc1cccc(F)c1F. The van der Waals surface area contributed by atoms with E-state index in [1.807, 2.05) is 6.92 Å². The Bertz CT molecular complexity index is 647. The zero-order chi connectivity index (χ0) is 15.2. The molecule has 0 aliphatic rings. The van der Waals surface area contributed by atoms with Gasteiger partial charge >= 0.3 is 0 Å². The molecule has 0 aliphatic heterocycles. The summed E-state index contributed by atoms with van der Waals surface area (Å²) in [6, 6.07) is 6.79. The Labute approximate surface area is 121 Å². The van der Waals surface area contributed by atoms with E-state index < -0.39 is 17.5 Å². The number of hydrogen-bond donors (Lipinski definition) is 2. The second-order valence-electron chi connectivity index (χ2n) is 4.38. The first kappa shape index (κ1) is 14.9. The molecule has 0 saturated carbocycles. The second-order valence-corrected chi connectivity index (χ2v) is 4.38. The Hall–Kier alpha value is -2.50. The summed E-state index contributed by atoms with van der Waals surface area (Å²) in [6.07, 6.45) is 2.42. The fourth-order valence-electron chi connectivity index (χ4n) is 1.76. The van der Waals surface area contributed by atoms with Crippen LogP contribution in [0.5, 0.6) is 0 Å². The average Bonchev–Trinajstić information content (AvgIpc) is 2.50. The smallest absolute Gasteiger partial charge is 0.259 e. The van der Waals surface area contributed by atoms with E-state index in [2.05, 4.69) is 15.6 Å². The normalized spacial score (nSPS) is 10.2. The van der Waals surface area contributed by atoms with Gasteiger partial charge in [0.05, 0.1) is 11.3 Å². The van der Waals surface area contributed by atoms with Gasteiger partial charge in [-0.15, -0.1) is 0 Å². The van der Waals surface area contributed by atoms with Gasteiger partial charge < -0.3 is 10.6 Å². The Morgan fingerprint density at radius 1 is 1.24 bits per heavy atom. The second kappa shape index (κ2) is 6.78. The van der Waals surface area contributed by atoms with Gasteiger partial charge in [0.15, 0.2) is 11.6 Å². The number of rotatable bonds is 5. The highest BCUT2D eigenvalue weighted by Crippen LogP contribution is 2.19. The van der Waals surface area contributed by atoms with Crippen molar-refractivity contribution in [2.45, 2.75) is 13.3 Å². The largest absolute Gasteiger partial charge is 0.369 e. The van der Waals surface area contributed by atoms with Crippen LogP contribution in [0, 0.1) is 11.6 Å². The highest BCUT2D eigenvalue weighted by molar-refractivity contribution is 6.07. The lowest BCUT2D eigenvalue weighted by Crippen LogP contribution is -2.17. The predicted molar refractivity (Wildman–Crippen MR) is 77.3 cm³/mol. The summed E-state index contributed by atoms with van der Waals surface area (Å²) in [5.74, 6) is -2.24. The first-order valence-corrected chi connectivity index (χ1v) is 6.57. The van der Waals surface area contributed by atoms with Crippen LogP contribution in [0.25, 0.3) is 0 Å². The van der Waals surface area contributed by atoms with E-state index in [1.54, 1.807) is 18.3 Å². The number of amides is 1. The minimum Gasteiger partial charge on any atom is -0.369 e. The van der Waals surface area contributed by atoms with E-state index in [4.69, 9.17) is 0 Å². The number of benzene rings is 1. The van der Waals surface area contributed by atoms with Crippen molar-refractivity contribution in [3.63, 3.8) is 0 Å². The Morgan fingerprint density at radius 3 is 2.81 bits per heavy atom. The first-order chi connectivity index (χ1) is 10.1. The Kier molecular flexibility index (Phi) is 4.81. The molecule has 0 unspecified atom stereocenters. The van der Waals surface area contributed by atoms with E-state index >= 15 is 0 Å². The van der Waals surface area contributed by atoms with E-state index in [-0.39, 0.29) is 11.3 Å². The zero-order valence-electron chi connectivity index (χ0n) is 11.5. The first-order valence-electron chi connectivity index (χ1n) is 6.57. The van der Waals surface area contributed by atoms with Crippen molar-refractivity contribution in [2.75, 3.05) is 17.2 Å². The molecule has 0 radical (unpaired) electrons. The monoisotopic (exact) mass is 291 g/mol. The number of aromatic nitrogens is 1. The summed E-state index contributed by atoms with van der Waals surface area (Å²) in [6.45, 7) is 2.64. The molecule has 0 fully saturated rings. The molecule has 1 aromatic heterocycles. The number of anilines is 2. The fourth-order valence-corrected chi connectivity index (χ4v) is 1.76. The molecule has 6 heteroatoms. The lowest BCUT2D eigenvalue weighted by atomic mass is 10.2. The minimum atomic E-state index is -1.09. The summed E-state index contributed by atoms with van der Waals surface area (Å²) in [5.41, 5.74) is 0.0694. The van der Waals surface area contributed by atoms with Crippen molar-refractivity contribution < 1.29 is 13.6 Å². The van der Waals surface area contributed by atoms with E-state index in [9.17, 15) is 13.6 Å². The van der Waals surface area contributed by atoms with Crippen LogP contribution < -0.4 is 10.6 Å². The van der Waals surface area contributed by atoms with Crippen molar-refractivity contribution in [1.82, 2.24) is 4.98 Å². The van der Waals surface area contributed by atoms with Gasteiger partial charge in [0.25, 0.3) is 5.91 Å². The van der Waals surface area contributed by atoms with Gasteiger partial charge in [0, 0.05) is 12.7 Å². The Morgan fingerprint density at radius 2 is 2.05 bits per heavy atom. The molecule has 110 valence electrons. The van der Waals surface area contributed by atoms with Crippen molar-refractivity contribution >= 4 is 17.4 Å². The molecule has 1 amide bonds. The van der Waals surface area contributed by atoms with Gasteiger partial charge in [0.2, 0.25) is 0 Å². The number of nitrogens with one attached hydrogen (secondary N) is 2. The molecule has 0 atom stereocenters. The van der Waals surface area contributed by atoms with Gasteiger partial charge in [-0.1, -0.05) is 13.0 Å². The lowest BCUT2D eigenvalue weighted by Gasteiger charge is -2.11. The van der Waals surface area contributed by atoms with Gasteiger partial charge in [-0.25, -0.2) is 13.8 Å². The summed E-state index contributed by atoms with van der Waals surface area (Å²) in [5, 5.41) is 5.37. The number of halogens is 2. The number of pyridine rings is 1. The molecule has 0 bridgehead atoms. The maximum absolute atomic E-state index is 13.6. The van der Waals surface area contributed by atoms with Gasteiger partial charge in [0.1, 0.15) is 5.82 Å². The lowest BCUT2D eigenvalue weighted by molar-refractivity contribution is 0.102. The molecule has 0 spiro atoms. The summed E-state index contributed by atoms with van der Waals surface area (Å²) >= 11 is 0. The molecule has 1 heterocycles. The number of carbonyl (C=O) groups is 1. The molecule has 0 saturated heterocycles. The van der Waals surface area contributed by atoms with Crippen LogP contribution in [-0.2, 0) is 0 Å². The molecule has 2 rings (SSSR count). The van der Waals surface area contributed by atoms with Crippen LogP contribution in [0.2, 0.25) is 0 Å². The maximum Gasteiger partial charge on any atom is 0.259 e. The maximum atomic E-state index is 13.6. The van der Waals surface area contributed by atoms with Crippen molar-refractivity contribution in [3.8, 4) is 0 Å². The van der Waals surface area contributed by atoms with Gasteiger partial charge in [-0.3, -0.25) is 4.79 Å². The van der Waals surface area contributed by atoms with Crippen LogP contribution in [0.15, 0.2) is 36.5 Å². The van der Waals surface area contributed by atoms with Crippen molar-refractivity contribution in [2.24, 2.45) is 0 Å². The van der Waals surface area contributed by atoms with Crippen LogP contribution >= 0.6 is 0 Å². The third-order valence-electron chi connectivity index (χ3n) is 2.79. The molecule has 2 N–H and O–H groups in total. The zero-order valence-corrected chi connectivity index (χ0v) is 11.5. The highest BCUT2D eigenvalue weighted by Gasteiger charge is 2.15. The van der Waals surface area contributed by atoms with Gasteiger partial charge in [-0.2, -0.15) is 0 Å². The van der Waals surface area contributed by atoms with E-state index in [0.29, 0.717) is 12.4 Å². The number of carbonyl (C=O) groups excluding carboxylic acids is 1. The summed E-state index contributed by atoms with van der Waals surface area (Å²) in [7, 11) is 0. The molecular formula is C15H15F2N3O. The number of nitrogens with zero attached hydrogens (tertiary/aromatic N) is 1. The molecule has 2 aromatic rings. The molecule has 4 nitrogen and oxygen atoms in total. The average molecular weight is 291 g/mol. The summed E-state index contributed by atoms with van der Waals surface area (Å²) in [4.78, 5) is 16.3.